The molecule has 1 amide bonds. The van der Waals surface area contributed by atoms with E-state index in [4.69, 9.17) is 14.6 Å². The quantitative estimate of drug-likeness (QED) is 0.338. The summed E-state index contributed by atoms with van der Waals surface area (Å²) in [5.74, 6) is -0.0837. The molecule has 0 saturated heterocycles. The first-order valence-corrected chi connectivity index (χ1v) is 11.4. The zero-order valence-corrected chi connectivity index (χ0v) is 19.4. The van der Waals surface area contributed by atoms with Crippen LogP contribution in [0.3, 0.4) is 0 Å². The van der Waals surface area contributed by atoms with Crippen LogP contribution in [-0.2, 0) is 17.6 Å². The molecule has 0 aliphatic rings. The number of nitrogens with one attached hydrogen (secondary N) is 1. The first-order valence-electron chi connectivity index (χ1n) is 11.4. The first-order chi connectivity index (χ1) is 17.0. The largest absolute Gasteiger partial charge is 0.480 e. The highest BCUT2D eigenvalue weighted by Gasteiger charge is 2.15. The van der Waals surface area contributed by atoms with Crippen LogP contribution in [0.2, 0.25) is 0 Å². The fourth-order valence-electron chi connectivity index (χ4n) is 3.70. The van der Waals surface area contributed by atoms with Crippen molar-refractivity contribution in [3.8, 4) is 17.4 Å². The Morgan fingerprint density at radius 1 is 0.886 bits per heavy atom. The minimum atomic E-state index is -1.13. The molecule has 0 radical (unpaired) electrons. The summed E-state index contributed by atoms with van der Waals surface area (Å²) in [6, 6.07) is 25.4. The molecular weight excluding hydrogens is 444 g/mol. The van der Waals surface area contributed by atoms with Crippen molar-refractivity contribution in [2.45, 2.75) is 19.8 Å². The monoisotopic (exact) mass is 470 g/mol. The number of ether oxygens (including phenoxy) is 2. The maximum atomic E-state index is 12.3. The Hall–Kier alpha value is -4.39. The van der Waals surface area contributed by atoms with Crippen molar-refractivity contribution in [2.24, 2.45) is 0 Å². The molecule has 0 aliphatic heterocycles. The Balaban J connectivity index is 1.54. The minimum absolute atomic E-state index is 0.0852. The number of aromatic nitrogens is 1. The number of hydrogen-bond donors (Lipinski definition) is 2. The average molecular weight is 471 g/mol. The van der Waals surface area contributed by atoms with E-state index in [-0.39, 0.29) is 11.6 Å². The van der Waals surface area contributed by atoms with E-state index >= 15 is 0 Å². The van der Waals surface area contributed by atoms with Gasteiger partial charge >= 0.3 is 5.97 Å². The molecule has 0 saturated carbocycles. The van der Waals surface area contributed by atoms with Crippen LogP contribution in [0, 0.1) is 0 Å². The van der Waals surface area contributed by atoms with Gasteiger partial charge < -0.3 is 19.9 Å². The summed E-state index contributed by atoms with van der Waals surface area (Å²) in [5, 5.41) is 12.5. The number of hydrogen-bond acceptors (Lipinski definition) is 5. The van der Waals surface area contributed by atoms with E-state index in [0.717, 1.165) is 24.0 Å². The lowest BCUT2D eigenvalue weighted by Gasteiger charge is -2.12. The Morgan fingerprint density at radius 2 is 1.63 bits per heavy atom. The summed E-state index contributed by atoms with van der Waals surface area (Å²) in [7, 11) is 0. The number of aryl methyl sites for hydroxylation is 2. The number of rotatable bonds is 10. The van der Waals surface area contributed by atoms with E-state index in [0.29, 0.717) is 17.7 Å². The highest BCUT2D eigenvalue weighted by atomic mass is 16.5. The third kappa shape index (κ3) is 6.35. The smallest absolute Gasteiger partial charge is 0.322 e. The number of carboxylic acids is 1. The molecule has 4 aromatic rings. The van der Waals surface area contributed by atoms with E-state index in [9.17, 15) is 9.59 Å². The van der Waals surface area contributed by atoms with Crippen LogP contribution in [0.15, 0.2) is 78.9 Å². The minimum Gasteiger partial charge on any atom is -0.480 e. The maximum absolute atomic E-state index is 12.3. The fourth-order valence-corrected chi connectivity index (χ4v) is 3.70. The molecule has 7 heteroatoms. The molecule has 1 aromatic heterocycles. The van der Waals surface area contributed by atoms with Gasteiger partial charge in [-0.1, -0.05) is 48.5 Å². The molecule has 0 atom stereocenters. The number of nitrogens with zero attached hydrogens (tertiary/aromatic N) is 1. The lowest BCUT2D eigenvalue weighted by Crippen LogP contribution is -2.29. The number of amides is 1. The molecule has 2 N–H and O–H groups in total. The van der Waals surface area contributed by atoms with E-state index < -0.39 is 18.4 Å². The van der Waals surface area contributed by atoms with Crippen molar-refractivity contribution in [1.82, 2.24) is 10.3 Å². The predicted octanol–water partition coefficient (Wildman–Crippen LogP) is 5.03. The summed E-state index contributed by atoms with van der Waals surface area (Å²) in [4.78, 5) is 27.4. The Kier molecular flexibility index (Phi) is 7.57. The molecule has 0 fully saturated rings. The second-order valence-electron chi connectivity index (χ2n) is 7.94. The highest BCUT2D eigenvalue weighted by molar-refractivity contribution is 5.99. The summed E-state index contributed by atoms with van der Waals surface area (Å²) in [6.45, 7) is 1.70. The van der Waals surface area contributed by atoms with Gasteiger partial charge in [0.15, 0.2) is 0 Å². The van der Waals surface area contributed by atoms with Gasteiger partial charge in [-0.2, -0.15) is 0 Å². The summed E-state index contributed by atoms with van der Waals surface area (Å²) < 4.78 is 11.8. The van der Waals surface area contributed by atoms with Crippen LogP contribution in [-0.4, -0.2) is 35.1 Å². The number of pyridine rings is 1. The number of carbonyl (C=O) groups excluding carboxylic acids is 1. The van der Waals surface area contributed by atoms with Crippen molar-refractivity contribution in [2.75, 3.05) is 13.2 Å². The molecule has 0 bridgehead atoms. The Bertz CT molecular complexity index is 1340. The zero-order chi connectivity index (χ0) is 24.6. The standard InChI is InChI=1S/C28H26N2O5/c1-2-34-28-24-17-23(14-13-21(24)16-25(30-28)27(33)29-18-26(31)32)35-22-10-6-9-20(15-22)12-11-19-7-4-3-5-8-19/h3-10,13-17H,2,11-12,18H2,1H3,(H,29,33)(H,31,32). The van der Waals surface area contributed by atoms with Gasteiger partial charge in [0.25, 0.3) is 5.91 Å². The number of fused-ring (bicyclic) bond motifs is 1. The van der Waals surface area contributed by atoms with Crippen molar-refractivity contribution >= 4 is 22.6 Å². The van der Waals surface area contributed by atoms with E-state index in [1.807, 2.05) is 61.5 Å². The van der Waals surface area contributed by atoms with Crippen LogP contribution in [0.4, 0.5) is 0 Å². The molecule has 35 heavy (non-hydrogen) atoms. The number of benzene rings is 3. The molecule has 0 spiro atoms. The number of aliphatic carboxylic acids is 1. The molecule has 0 aliphatic carbocycles. The van der Waals surface area contributed by atoms with Crippen LogP contribution >= 0.6 is 0 Å². The van der Waals surface area contributed by atoms with Gasteiger partial charge in [0.05, 0.1) is 6.61 Å². The maximum Gasteiger partial charge on any atom is 0.322 e. The highest BCUT2D eigenvalue weighted by Crippen LogP contribution is 2.31. The van der Waals surface area contributed by atoms with Gasteiger partial charge in [-0.05, 0) is 66.6 Å². The van der Waals surface area contributed by atoms with Gasteiger partial charge in [-0.15, -0.1) is 0 Å². The fraction of sp³-hybridized carbons (Fsp3) is 0.179. The van der Waals surface area contributed by atoms with Crippen molar-refractivity contribution < 1.29 is 24.2 Å². The zero-order valence-electron chi connectivity index (χ0n) is 19.4. The average Bonchev–Trinajstić information content (AvgIpc) is 2.87. The second kappa shape index (κ2) is 11.2. The van der Waals surface area contributed by atoms with Crippen molar-refractivity contribution in [1.29, 1.82) is 0 Å². The van der Waals surface area contributed by atoms with E-state index in [1.54, 1.807) is 6.07 Å². The van der Waals surface area contributed by atoms with Crippen LogP contribution in [0.5, 0.6) is 17.4 Å². The molecular formula is C28H26N2O5. The molecule has 1 heterocycles. The van der Waals surface area contributed by atoms with Crippen LogP contribution in [0.25, 0.3) is 10.8 Å². The lowest BCUT2D eigenvalue weighted by atomic mass is 10.0. The molecule has 3 aromatic carbocycles. The van der Waals surface area contributed by atoms with E-state index in [1.165, 1.54) is 11.1 Å². The van der Waals surface area contributed by atoms with Gasteiger partial charge in [0.1, 0.15) is 23.7 Å². The molecule has 4 rings (SSSR count). The topological polar surface area (TPSA) is 97.8 Å². The second-order valence-corrected chi connectivity index (χ2v) is 7.94. The third-order valence-electron chi connectivity index (χ3n) is 5.36. The third-order valence-corrected chi connectivity index (χ3v) is 5.36. The first kappa shape index (κ1) is 23.8. The molecule has 178 valence electrons. The van der Waals surface area contributed by atoms with Crippen LogP contribution < -0.4 is 14.8 Å². The van der Waals surface area contributed by atoms with E-state index in [2.05, 4.69) is 28.5 Å². The summed E-state index contributed by atoms with van der Waals surface area (Å²) in [6.07, 6.45) is 1.86. The molecule has 0 unspecified atom stereocenters. The van der Waals surface area contributed by atoms with Gasteiger partial charge in [-0.3, -0.25) is 9.59 Å². The van der Waals surface area contributed by atoms with Gasteiger partial charge in [0, 0.05) is 5.39 Å². The predicted molar refractivity (Wildman–Crippen MR) is 133 cm³/mol. The summed E-state index contributed by atoms with van der Waals surface area (Å²) >= 11 is 0. The van der Waals surface area contributed by atoms with Gasteiger partial charge in [0.2, 0.25) is 5.88 Å². The lowest BCUT2D eigenvalue weighted by molar-refractivity contribution is -0.135. The number of carbonyl (C=O) groups is 2. The van der Waals surface area contributed by atoms with Gasteiger partial charge in [-0.25, -0.2) is 4.98 Å². The normalized spacial score (nSPS) is 10.7. The van der Waals surface area contributed by atoms with Crippen LogP contribution in [0.1, 0.15) is 28.5 Å². The SMILES string of the molecule is CCOc1nc(C(=O)NCC(=O)O)cc2ccc(Oc3cccc(CCc4ccccc4)c3)cc12. The summed E-state index contributed by atoms with van der Waals surface area (Å²) in [5.41, 5.74) is 2.56. The van der Waals surface area contributed by atoms with Crippen molar-refractivity contribution in [3.05, 3.63) is 95.7 Å². The number of carboxylic acid groups (broad SMARTS) is 1. The molecule has 7 nitrogen and oxygen atoms in total. The van der Waals surface area contributed by atoms with Crippen molar-refractivity contribution in [3.63, 3.8) is 0 Å². The Labute approximate surface area is 203 Å². The Morgan fingerprint density at radius 3 is 2.40 bits per heavy atom.